The van der Waals surface area contributed by atoms with Gasteiger partial charge in [-0.15, -0.1) is 0 Å². The van der Waals surface area contributed by atoms with E-state index in [1.165, 1.54) is 0 Å². The van der Waals surface area contributed by atoms with Crippen LogP contribution in [0.4, 0.5) is 5.69 Å². The first-order valence-electron chi connectivity index (χ1n) is 4.43. The molecule has 2 aromatic rings. The van der Waals surface area contributed by atoms with E-state index in [-0.39, 0.29) is 0 Å². The lowest BCUT2D eigenvalue weighted by Gasteiger charge is -2.08. The molecular formula is C10H8Cl3N3. The van der Waals surface area contributed by atoms with Crippen LogP contribution in [0.15, 0.2) is 18.3 Å². The van der Waals surface area contributed by atoms with Gasteiger partial charge in [-0.25, -0.2) is 0 Å². The number of benzene rings is 1. The molecule has 0 fully saturated rings. The van der Waals surface area contributed by atoms with Crippen molar-refractivity contribution in [1.29, 1.82) is 0 Å². The summed E-state index contributed by atoms with van der Waals surface area (Å²) in [6, 6.07) is 3.27. The van der Waals surface area contributed by atoms with Gasteiger partial charge in [-0.2, -0.15) is 5.10 Å². The number of anilines is 1. The minimum Gasteiger partial charge on any atom is -0.396 e. The lowest BCUT2D eigenvalue weighted by atomic mass is 10.1. The largest absolute Gasteiger partial charge is 0.396 e. The Kier molecular flexibility index (Phi) is 3.02. The molecular weight excluding hydrogens is 268 g/mol. The Morgan fingerprint density at radius 2 is 1.75 bits per heavy atom. The van der Waals surface area contributed by atoms with Crippen LogP contribution in [0.1, 0.15) is 0 Å². The van der Waals surface area contributed by atoms with Crippen LogP contribution >= 0.6 is 34.8 Å². The number of aromatic nitrogens is 2. The fourth-order valence-corrected chi connectivity index (χ4v) is 2.12. The lowest BCUT2D eigenvalue weighted by molar-refractivity contribution is 0.776. The maximum absolute atomic E-state index is 6.10. The fraction of sp³-hybridized carbons (Fsp3) is 0.100. The standard InChI is InChI=1S/C10H8Cl3N3/c1-16-10(9(14)4-15-16)5-2-7(12)8(13)3-6(5)11/h2-4H,14H2,1H3. The van der Waals surface area contributed by atoms with E-state index in [0.29, 0.717) is 26.3 Å². The molecule has 0 unspecified atom stereocenters. The Hall–Kier alpha value is -0.900. The second kappa shape index (κ2) is 4.17. The van der Waals surface area contributed by atoms with E-state index in [2.05, 4.69) is 5.10 Å². The minimum atomic E-state index is 0.413. The number of nitrogens with zero attached hydrogens (tertiary/aromatic N) is 2. The smallest absolute Gasteiger partial charge is 0.0924 e. The van der Waals surface area contributed by atoms with Crippen molar-refractivity contribution in [1.82, 2.24) is 9.78 Å². The van der Waals surface area contributed by atoms with Crippen LogP contribution in [0.2, 0.25) is 15.1 Å². The summed E-state index contributed by atoms with van der Waals surface area (Å²) in [5, 5.41) is 5.38. The molecule has 16 heavy (non-hydrogen) atoms. The van der Waals surface area contributed by atoms with Crippen LogP contribution in [-0.4, -0.2) is 9.78 Å². The third-order valence-electron chi connectivity index (χ3n) is 2.23. The SMILES string of the molecule is Cn1ncc(N)c1-c1cc(Cl)c(Cl)cc1Cl. The van der Waals surface area contributed by atoms with Crippen molar-refractivity contribution in [3.63, 3.8) is 0 Å². The Balaban J connectivity index is 2.69. The van der Waals surface area contributed by atoms with Gasteiger partial charge in [0.1, 0.15) is 0 Å². The molecule has 84 valence electrons. The van der Waals surface area contributed by atoms with Gasteiger partial charge in [-0.3, -0.25) is 4.68 Å². The van der Waals surface area contributed by atoms with Crippen molar-refractivity contribution in [2.75, 3.05) is 5.73 Å². The van der Waals surface area contributed by atoms with E-state index >= 15 is 0 Å². The molecule has 2 N–H and O–H groups in total. The normalized spacial score (nSPS) is 10.8. The molecule has 0 saturated heterocycles. The van der Waals surface area contributed by atoms with Crippen molar-refractivity contribution in [2.24, 2.45) is 7.05 Å². The average Bonchev–Trinajstić information content (AvgIpc) is 2.53. The fourth-order valence-electron chi connectivity index (χ4n) is 1.49. The van der Waals surface area contributed by atoms with Crippen molar-refractivity contribution in [3.05, 3.63) is 33.4 Å². The summed E-state index contributed by atoms with van der Waals surface area (Å²) in [6.45, 7) is 0. The van der Waals surface area contributed by atoms with Crippen molar-refractivity contribution < 1.29 is 0 Å². The molecule has 0 atom stereocenters. The first-order valence-corrected chi connectivity index (χ1v) is 5.56. The van der Waals surface area contributed by atoms with Crippen LogP contribution in [0.3, 0.4) is 0 Å². The highest BCUT2D eigenvalue weighted by Crippen LogP contribution is 2.37. The predicted molar refractivity (Wildman–Crippen MR) is 68.1 cm³/mol. The second-order valence-electron chi connectivity index (χ2n) is 3.32. The summed E-state index contributed by atoms with van der Waals surface area (Å²) in [5.41, 5.74) is 7.80. The van der Waals surface area contributed by atoms with E-state index in [1.54, 1.807) is 30.1 Å². The third kappa shape index (κ3) is 1.86. The minimum absolute atomic E-state index is 0.413. The highest BCUT2D eigenvalue weighted by atomic mass is 35.5. The van der Waals surface area contributed by atoms with Gasteiger partial charge in [0.2, 0.25) is 0 Å². The van der Waals surface area contributed by atoms with Crippen LogP contribution in [0.25, 0.3) is 11.3 Å². The molecule has 0 amide bonds. The Bertz CT molecular complexity index is 529. The van der Waals surface area contributed by atoms with Crippen molar-refractivity contribution in [3.8, 4) is 11.3 Å². The molecule has 0 aliphatic rings. The molecule has 0 saturated carbocycles. The molecule has 0 radical (unpaired) electrons. The molecule has 1 aromatic carbocycles. The lowest BCUT2D eigenvalue weighted by Crippen LogP contribution is -1.96. The number of halogens is 3. The first-order chi connectivity index (χ1) is 7.50. The highest BCUT2D eigenvalue weighted by Gasteiger charge is 2.14. The number of hydrogen-bond donors (Lipinski definition) is 1. The van der Waals surface area contributed by atoms with Crippen LogP contribution in [0.5, 0.6) is 0 Å². The molecule has 0 aliphatic carbocycles. The molecule has 1 heterocycles. The molecule has 0 bridgehead atoms. The zero-order chi connectivity index (χ0) is 11.9. The zero-order valence-corrected chi connectivity index (χ0v) is 10.6. The summed E-state index contributed by atoms with van der Waals surface area (Å²) < 4.78 is 1.64. The van der Waals surface area contributed by atoms with Gasteiger partial charge in [0.05, 0.1) is 32.6 Å². The number of aryl methyl sites for hydroxylation is 1. The molecule has 0 aliphatic heterocycles. The Labute approximate surface area is 108 Å². The quantitative estimate of drug-likeness (QED) is 0.808. The molecule has 0 spiro atoms. The molecule has 1 aromatic heterocycles. The number of rotatable bonds is 1. The van der Waals surface area contributed by atoms with Crippen molar-refractivity contribution >= 4 is 40.5 Å². The third-order valence-corrected chi connectivity index (χ3v) is 3.27. The van der Waals surface area contributed by atoms with Gasteiger partial charge >= 0.3 is 0 Å². The molecule has 6 heteroatoms. The molecule has 3 nitrogen and oxygen atoms in total. The first kappa shape index (κ1) is 11.6. The highest BCUT2D eigenvalue weighted by molar-refractivity contribution is 6.44. The van der Waals surface area contributed by atoms with Gasteiger partial charge in [-0.1, -0.05) is 34.8 Å². The van der Waals surface area contributed by atoms with Gasteiger partial charge in [0, 0.05) is 12.6 Å². The van der Waals surface area contributed by atoms with Crippen LogP contribution < -0.4 is 5.73 Å². The van der Waals surface area contributed by atoms with E-state index in [9.17, 15) is 0 Å². The van der Waals surface area contributed by atoms with Gasteiger partial charge in [0.15, 0.2) is 0 Å². The zero-order valence-electron chi connectivity index (χ0n) is 8.34. The van der Waals surface area contributed by atoms with Crippen LogP contribution in [-0.2, 0) is 7.05 Å². The number of nitrogen functional groups attached to an aromatic ring is 1. The van der Waals surface area contributed by atoms with E-state index in [0.717, 1.165) is 5.69 Å². The Morgan fingerprint density at radius 3 is 2.31 bits per heavy atom. The maximum atomic E-state index is 6.10. The maximum Gasteiger partial charge on any atom is 0.0924 e. The predicted octanol–water partition coefficient (Wildman–Crippen LogP) is 3.63. The summed E-state index contributed by atoms with van der Waals surface area (Å²) in [7, 11) is 1.78. The molecule has 2 rings (SSSR count). The number of hydrogen-bond acceptors (Lipinski definition) is 2. The van der Waals surface area contributed by atoms with Gasteiger partial charge in [0.25, 0.3) is 0 Å². The monoisotopic (exact) mass is 275 g/mol. The van der Waals surface area contributed by atoms with E-state index < -0.39 is 0 Å². The summed E-state index contributed by atoms with van der Waals surface area (Å²) in [5.74, 6) is 0. The van der Waals surface area contributed by atoms with E-state index in [4.69, 9.17) is 40.5 Å². The summed E-state index contributed by atoms with van der Waals surface area (Å²) in [6.07, 6.45) is 1.56. The van der Waals surface area contributed by atoms with Crippen molar-refractivity contribution in [2.45, 2.75) is 0 Å². The number of nitrogens with two attached hydrogens (primary N) is 1. The van der Waals surface area contributed by atoms with Crippen LogP contribution in [0, 0.1) is 0 Å². The summed E-state index contributed by atoms with van der Waals surface area (Å²) in [4.78, 5) is 0. The van der Waals surface area contributed by atoms with E-state index in [1.807, 2.05) is 0 Å². The topological polar surface area (TPSA) is 43.8 Å². The summed E-state index contributed by atoms with van der Waals surface area (Å²) >= 11 is 17.9. The second-order valence-corrected chi connectivity index (χ2v) is 4.54. The Morgan fingerprint density at radius 1 is 1.12 bits per heavy atom. The van der Waals surface area contributed by atoms with Gasteiger partial charge in [-0.05, 0) is 12.1 Å². The van der Waals surface area contributed by atoms with Gasteiger partial charge < -0.3 is 5.73 Å². The average molecular weight is 277 g/mol.